The lowest BCUT2D eigenvalue weighted by Crippen LogP contribution is -2.48. The fraction of sp³-hybridized carbons (Fsp3) is 0.691. The maximum Gasteiger partial charge on any atom is 0.161 e. The number of aliphatic hydroxyl groups is 5. The van der Waals surface area contributed by atoms with Crippen molar-refractivity contribution in [1.82, 2.24) is 24.5 Å². The van der Waals surface area contributed by atoms with Crippen molar-refractivity contribution in [1.29, 1.82) is 0 Å². The van der Waals surface area contributed by atoms with Crippen LogP contribution >= 0.6 is 0 Å². The van der Waals surface area contributed by atoms with Gasteiger partial charge in [0.05, 0.1) is 130 Å². The van der Waals surface area contributed by atoms with Crippen molar-refractivity contribution in [3.05, 3.63) is 116 Å². The molecule has 15 atom stereocenters. The monoisotopic (exact) mass is 1710 g/mol. The molecule has 20 nitrogen and oxygen atoms in total. The van der Waals surface area contributed by atoms with Crippen LogP contribution in [0.4, 0.5) is 0 Å². The minimum atomic E-state index is -4.69. The molecule has 5 saturated heterocycles. The molecule has 117 heavy (non-hydrogen) atoms. The Hall–Kier alpha value is -6.30. The number of hydrogen-bond acceptors (Lipinski definition) is 20. The van der Waals surface area contributed by atoms with Gasteiger partial charge in [0, 0.05) is 179 Å². The summed E-state index contributed by atoms with van der Waals surface area (Å²) in [5.41, 5.74) is -17.0. The molecule has 0 amide bonds. The topological polar surface area (TPSA) is 210 Å². The molecule has 0 radical (unpaired) electrons. The molecule has 5 aromatic carbocycles. The predicted molar refractivity (Wildman–Crippen MR) is 465 cm³/mol. The summed E-state index contributed by atoms with van der Waals surface area (Å²) in [6.07, 6.45) is -65.9. The summed E-state index contributed by atoms with van der Waals surface area (Å²) in [5.74, 6) is -26.6. The Morgan fingerprint density at radius 1 is 0.342 bits per heavy atom. The second kappa shape index (κ2) is 40.1. The third kappa shape index (κ3) is 22.0. The third-order valence-electron chi connectivity index (χ3n) is 17.3. The molecule has 20 heteroatoms. The van der Waals surface area contributed by atoms with Crippen molar-refractivity contribution in [2.45, 2.75) is 239 Å². The quantitative estimate of drug-likeness (QED) is 0.0552. The number of nitrogens with zero attached hydrogens (tertiary/aromatic N) is 5. The van der Waals surface area contributed by atoms with E-state index in [1.54, 1.807) is 27.7 Å². The van der Waals surface area contributed by atoms with Crippen molar-refractivity contribution < 1.29 is 185 Å². The van der Waals surface area contributed by atoms with E-state index in [9.17, 15) is 25.5 Å². The normalized spacial score (nSPS) is 53.5. The number of methoxy groups -OCH3 is 10. The van der Waals surface area contributed by atoms with Crippen LogP contribution in [0.5, 0.6) is 57.5 Å². The molecule has 10 heterocycles. The molecule has 10 aliphatic heterocycles. The zero-order valence-electron chi connectivity index (χ0n) is 148. The van der Waals surface area contributed by atoms with Gasteiger partial charge in [-0.25, -0.2) is 0 Å². The molecule has 15 rings (SSSR count). The van der Waals surface area contributed by atoms with E-state index in [-0.39, 0.29) is 33.4 Å². The third-order valence-corrected chi connectivity index (χ3v) is 17.3. The standard InChI is InChI=1S/2C20H31NO3.3C19H29NO3/c2*1-20(2,3)11-14-12-21-7-6-13-8-18(23-4)19(24-5)9-15(13)16(21)10-17(14)22;3*1-12(2)7-14-11-20-6-5-13-8-18(22-3)19(23-4)9-15(13)16(20)10-17(14)21/h2*8-9,14,16-17,22H,6-7,10-12H2,1-5H3;3*8-9,12,14,16-17,21H,5-7,10-11H2,1-4H3/i1D3,2D3,5D3,6D2,7D2,8D,9D,10D2,11D2,12D2,14D,17D;1D3,2D3,6D2,7D2,8D,9D,10D2,11D2,12D2,14D,17D;4D3,5D2,6D2,8D,9D,10D2,11D2,14D,17D;2*5D2,6D2,8D,9D,10D2,11D2,14D,17D. The summed E-state index contributed by atoms with van der Waals surface area (Å²) in [5, 5.41) is 56.9. The molecule has 5 fully saturated rings. The van der Waals surface area contributed by atoms with Crippen LogP contribution in [-0.2, 0) is 31.9 Å². The van der Waals surface area contributed by atoms with Crippen molar-refractivity contribution in [3.63, 3.8) is 0 Å². The Labute approximate surface area is 817 Å². The number of benzene rings is 5. The van der Waals surface area contributed by atoms with Crippen LogP contribution in [0, 0.1) is 58.1 Å². The highest BCUT2D eigenvalue weighted by Gasteiger charge is 2.45. The van der Waals surface area contributed by atoms with Gasteiger partial charge in [0.2, 0.25) is 0 Å². The van der Waals surface area contributed by atoms with Crippen LogP contribution in [0.2, 0.25) is 0 Å². The predicted octanol–water partition coefficient (Wildman–Crippen LogP) is 15.9. The summed E-state index contributed by atoms with van der Waals surface area (Å²) < 4.78 is 749. The molecule has 15 unspecified atom stereocenters. The Morgan fingerprint density at radius 2 is 0.530 bits per heavy atom. The van der Waals surface area contributed by atoms with Gasteiger partial charge in [-0.05, 0) is 270 Å². The fourth-order valence-corrected chi connectivity index (χ4v) is 12.2. The van der Waals surface area contributed by atoms with E-state index in [0.717, 1.165) is 56.9 Å². The molecule has 5 aromatic rings. The molecular formula is C97H149N5O15. The van der Waals surface area contributed by atoms with Gasteiger partial charge in [-0.15, -0.1) is 0 Å². The van der Waals surface area contributed by atoms with E-state index in [1.807, 2.05) is 0 Å². The van der Waals surface area contributed by atoms with E-state index in [1.165, 1.54) is 13.8 Å². The average Bonchev–Trinajstić information content (AvgIpc) is 0.722. The molecule has 0 saturated carbocycles. The molecule has 652 valence electrons. The smallest absolute Gasteiger partial charge is 0.161 e. The highest BCUT2D eigenvalue weighted by Crippen LogP contribution is 2.51. The number of ether oxygens (including phenoxy) is 10. The van der Waals surface area contributed by atoms with Gasteiger partial charge in [-0.1, -0.05) is 82.8 Å². The zero-order chi connectivity index (χ0) is 157. The lowest BCUT2D eigenvalue weighted by Gasteiger charge is -2.47. The Kier molecular flexibility index (Phi) is 11.1. The first kappa shape index (κ1) is 32.4. The summed E-state index contributed by atoms with van der Waals surface area (Å²) in [4.78, 5) is -0.421. The number of rotatable bonds is 18. The maximum absolute atomic E-state index is 11.6. The first-order chi connectivity index (χ1) is 87.6. The first-order valence-corrected chi connectivity index (χ1v) is 35.7. The van der Waals surface area contributed by atoms with Crippen LogP contribution in [0.3, 0.4) is 0 Å². The average molecular weight is 1710 g/mol. The lowest BCUT2D eigenvalue weighted by molar-refractivity contribution is -0.0259. The van der Waals surface area contributed by atoms with Gasteiger partial charge in [0.25, 0.3) is 0 Å². The lowest BCUT2D eigenvalue weighted by atomic mass is 9.75. The summed E-state index contributed by atoms with van der Waals surface area (Å²) in [6, 6.07) is -22.2. The number of fused-ring (bicyclic) bond motifs is 15. The Bertz CT molecular complexity index is 7960. The van der Waals surface area contributed by atoms with Crippen LogP contribution < -0.4 is 47.4 Å². The molecular weight excluding hydrogens is 1480 g/mol. The highest BCUT2D eigenvalue weighted by molar-refractivity contribution is 5.54. The van der Waals surface area contributed by atoms with Crippen molar-refractivity contribution in [2.24, 2.45) is 58.1 Å². The highest BCUT2D eigenvalue weighted by atomic mass is 16.5. The minimum absolute atomic E-state index is 0.0593. The van der Waals surface area contributed by atoms with Crippen LogP contribution in [0.15, 0.2) is 60.4 Å². The van der Waals surface area contributed by atoms with Crippen molar-refractivity contribution in [2.75, 3.05) is 136 Å². The van der Waals surface area contributed by atoms with Crippen molar-refractivity contribution in [3.8, 4) is 57.5 Å². The van der Waals surface area contributed by atoms with Crippen LogP contribution in [0.1, 0.15) is 345 Å². The van der Waals surface area contributed by atoms with Crippen LogP contribution in [-0.4, -0.2) is 216 Å². The second-order valence-electron chi connectivity index (χ2n) is 27.9. The Balaban J connectivity index is 0.000000230. The van der Waals surface area contributed by atoms with E-state index in [0.29, 0.717) is 0 Å². The summed E-state index contributed by atoms with van der Waals surface area (Å²) >= 11 is 0. The molecule has 0 aromatic heterocycles. The number of piperidine rings is 5. The largest absolute Gasteiger partial charge is 0.493 e. The van der Waals surface area contributed by atoms with E-state index >= 15 is 0 Å². The van der Waals surface area contributed by atoms with E-state index in [4.69, 9.17) is 160 Å². The summed E-state index contributed by atoms with van der Waals surface area (Å²) in [6.45, 7) is -43.2. The first-order valence-electron chi connectivity index (χ1n) is 76.7. The molecule has 0 spiro atoms. The van der Waals surface area contributed by atoms with Gasteiger partial charge in [0.15, 0.2) is 57.5 Å². The van der Waals surface area contributed by atoms with Gasteiger partial charge in [0.1, 0.15) is 0 Å². The Morgan fingerprint density at radius 3 is 0.718 bits per heavy atom. The van der Waals surface area contributed by atoms with E-state index < -0.39 is 499 Å². The van der Waals surface area contributed by atoms with Crippen molar-refractivity contribution >= 4 is 0 Å². The molecule has 5 N–H and O–H groups in total. The SMILES string of the molecule is [2H]c1c(OC([2H])([2H])[2H])c(OC)c([2H])c2c1C1N(C([2H])([2H])C2([2H])[2H])C([2H])([2H])C([2H])(C([2H])([2H])C(C)(C([2H])([2H])[2H])C([2H])([2H])[2H])C([2H])(O)C1([2H])[2H].[2H]c1c(OC([2H])([2H])[2H])c(OC)c([2H])c2c1C1N(C([2H])([2H])C2([2H])[2H])C([2H])([2H])C([2H])(CC(C)C)C([2H])(O)C1([2H])[2H].[2H]c1c(OC)c(OC)c([2H])c2c1C1N(C([2H])([2H])C2([2H])[2H])C([2H])([2H])C([2H])(C([2H])([2H])C(C)(C([2H])([2H])[2H])C([2H])([2H])[2H])C([2H])(O)C1([2H])[2H].[2H]c1c(OC)c(OC)c([2H])c2c1C1N(C([2H])([2H])C2([2H])[2H])C([2H])([2H])C([2H])(CC(C)C)C([2H])(O)C1([2H])[2H].[2H]c1c(OC)c(OC)c([2H])c2c1C1N(C([2H])([2H])C2([2H])[2H])C([2H])([2H])C([2H])(CC(C)C)C([2H])(O)C1([2H])[2H]. The molecule has 0 bridgehead atoms. The second-order valence-corrected chi connectivity index (χ2v) is 27.9. The maximum atomic E-state index is 11.6. The van der Waals surface area contributed by atoms with Gasteiger partial charge in [-0.3, -0.25) is 24.5 Å². The molecule has 0 aliphatic carbocycles. The molecule has 10 aliphatic rings. The van der Waals surface area contributed by atoms with Gasteiger partial charge < -0.3 is 72.9 Å². The van der Waals surface area contributed by atoms with Gasteiger partial charge >= 0.3 is 0 Å². The van der Waals surface area contributed by atoms with Gasteiger partial charge in [-0.2, -0.15) is 0 Å². The zero-order valence-corrected chi connectivity index (χ0v) is 66.3. The van der Waals surface area contributed by atoms with Crippen LogP contribution in [0.25, 0.3) is 0 Å². The summed E-state index contributed by atoms with van der Waals surface area (Å²) in [7, 11) is 1.67. The van der Waals surface area contributed by atoms with E-state index in [2.05, 4.69) is 0 Å². The minimum Gasteiger partial charge on any atom is -0.493 e. The fourth-order valence-electron chi connectivity index (χ4n) is 12.2. The number of hydrogen-bond donors (Lipinski definition) is 5.